The van der Waals surface area contributed by atoms with Crippen molar-refractivity contribution in [3.63, 3.8) is 0 Å². The lowest BCUT2D eigenvalue weighted by atomic mass is 10.2. The SMILES string of the molecule is CC(C)COCCS(=O)c1ccccc1C(=O)O. The first-order chi connectivity index (χ1) is 8.52. The third kappa shape index (κ3) is 4.58. The average molecular weight is 270 g/mol. The largest absolute Gasteiger partial charge is 0.478 e. The molecular formula is C13H18O4S. The van der Waals surface area contributed by atoms with Crippen molar-refractivity contribution in [3.8, 4) is 0 Å². The minimum Gasteiger partial charge on any atom is -0.478 e. The number of hydrogen-bond donors (Lipinski definition) is 1. The van der Waals surface area contributed by atoms with Crippen molar-refractivity contribution >= 4 is 16.8 Å². The molecule has 0 saturated heterocycles. The maximum absolute atomic E-state index is 12.0. The third-order valence-corrected chi connectivity index (χ3v) is 3.61. The average Bonchev–Trinajstić information content (AvgIpc) is 2.34. The number of carbonyl (C=O) groups is 1. The highest BCUT2D eigenvalue weighted by Crippen LogP contribution is 2.13. The zero-order valence-corrected chi connectivity index (χ0v) is 11.4. The van der Waals surface area contributed by atoms with Crippen molar-refractivity contribution in [2.75, 3.05) is 19.0 Å². The van der Waals surface area contributed by atoms with Crippen LogP contribution in [0.15, 0.2) is 29.2 Å². The molecule has 0 aromatic heterocycles. The van der Waals surface area contributed by atoms with Gasteiger partial charge in [-0.1, -0.05) is 26.0 Å². The molecule has 4 nitrogen and oxygen atoms in total. The van der Waals surface area contributed by atoms with Gasteiger partial charge in [-0.3, -0.25) is 4.21 Å². The number of ether oxygens (including phenoxy) is 1. The van der Waals surface area contributed by atoms with E-state index in [1.165, 1.54) is 6.07 Å². The lowest BCUT2D eigenvalue weighted by Crippen LogP contribution is -2.12. The van der Waals surface area contributed by atoms with Crippen molar-refractivity contribution < 1.29 is 18.8 Å². The summed E-state index contributed by atoms with van der Waals surface area (Å²) in [6.45, 7) is 5.07. The normalized spacial score (nSPS) is 12.6. The fourth-order valence-corrected chi connectivity index (χ4v) is 2.53. The molecule has 1 rings (SSSR count). The van der Waals surface area contributed by atoms with Crippen LogP contribution >= 0.6 is 0 Å². The van der Waals surface area contributed by atoms with Crippen LogP contribution in [0.5, 0.6) is 0 Å². The van der Waals surface area contributed by atoms with Gasteiger partial charge in [-0.05, 0) is 18.1 Å². The number of aromatic carboxylic acids is 1. The van der Waals surface area contributed by atoms with Gasteiger partial charge in [0.2, 0.25) is 0 Å². The molecule has 1 unspecified atom stereocenters. The molecule has 0 radical (unpaired) electrons. The molecule has 1 aromatic carbocycles. The topological polar surface area (TPSA) is 63.6 Å². The third-order valence-electron chi connectivity index (χ3n) is 2.23. The first-order valence-electron chi connectivity index (χ1n) is 5.80. The zero-order chi connectivity index (χ0) is 13.5. The fourth-order valence-electron chi connectivity index (χ4n) is 1.41. The van der Waals surface area contributed by atoms with Crippen LogP contribution in [0.3, 0.4) is 0 Å². The molecule has 1 N–H and O–H groups in total. The van der Waals surface area contributed by atoms with Gasteiger partial charge in [0, 0.05) is 6.61 Å². The lowest BCUT2D eigenvalue weighted by Gasteiger charge is -2.08. The van der Waals surface area contributed by atoms with E-state index in [9.17, 15) is 9.00 Å². The highest BCUT2D eigenvalue weighted by atomic mass is 32.2. The van der Waals surface area contributed by atoms with Gasteiger partial charge in [0.1, 0.15) is 0 Å². The molecule has 5 heteroatoms. The molecule has 0 amide bonds. The van der Waals surface area contributed by atoms with Crippen LogP contribution in [0.4, 0.5) is 0 Å². The Morgan fingerprint density at radius 3 is 2.67 bits per heavy atom. The van der Waals surface area contributed by atoms with Crippen LogP contribution in [0.1, 0.15) is 24.2 Å². The Hall–Kier alpha value is -1.20. The van der Waals surface area contributed by atoms with E-state index >= 15 is 0 Å². The number of carboxylic acid groups (broad SMARTS) is 1. The van der Waals surface area contributed by atoms with Crippen LogP contribution in [0.2, 0.25) is 0 Å². The summed E-state index contributed by atoms with van der Waals surface area (Å²) in [5.41, 5.74) is 0.0969. The maximum atomic E-state index is 12.0. The molecule has 0 bridgehead atoms. The predicted octanol–water partition coefficient (Wildman–Crippen LogP) is 2.17. The van der Waals surface area contributed by atoms with Crippen LogP contribution < -0.4 is 0 Å². The maximum Gasteiger partial charge on any atom is 0.336 e. The second kappa shape index (κ2) is 7.28. The summed E-state index contributed by atoms with van der Waals surface area (Å²) < 4.78 is 17.3. The minimum absolute atomic E-state index is 0.0969. The Morgan fingerprint density at radius 2 is 2.06 bits per heavy atom. The number of hydrogen-bond acceptors (Lipinski definition) is 3. The monoisotopic (exact) mass is 270 g/mol. The number of benzene rings is 1. The van der Waals surface area contributed by atoms with E-state index in [1.54, 1.807) is 18.2 Å². The minimum atomic E-state index is -1.34. The van der Waals surface area contributed by atoms with E-state index in [-0.39, 0.29) is 5.56 Å². The quantitative estimate of drug-likeness (QED) is 0.771. The summed E-state index contributed by atoms with van der Waals surface area (Å²) in [7, 11) is -1.34. The van der Waals surface area contributed by atoms with E-state index in [1.807, 2.05) is 13.8 Å². The van der Waals surface area contributed by atoms with E-state index in [2.05, 4.69) is 0 Å². The van der Waals surface area contributed by atoms with Gasteiger partial charge in [-0.2, -0.15) is 0 Å². The molecule has 0 aliphatic carbocycles. The number of rotatable bonds is 7. The molecule has 18 heavy (non-hydrogen) atoms. The van der Waals surface area contributed by atoms with Crippen molar-refractivity contribution in [1.29, 1.82) is 0 Å². The van der Waals surface area contributed by atoms with E-state index in [4.69, 9.17) is 9.84 Å². The first-order valence-corrected chi connectivity index (χ1v) is 7.12. The summed E-state index contributed by atoms with van der Waals surface area (Å²) in [5.74, 6) is -0.302. The summed E-state index contributed by atoms with van der Waals surface area (Å²) in [6, 6.07) is 6.36. The first kappa shape index (κ1) is 14.9. The molecule has 0 aliphatic heterocycles. The highest BCUT2D eigenvalue weighted by Gasteiger charge is 2.14. The molecular weight excluding hydrogens is 252 g/mol. The zero-order valence-electron chi connectivity index (χ0n) is 10.6. The van der Waals surface area contributed by atoms with Crippen molar-refractivity contribution in [1.82, 2.24) is 0 Å². The van der Waals surface area contributed by atoms with E-state index < -0.39 is 16.8 Å². The van der Waals surface area contributed by atoms with Crippen LogP contribution in [-0.4, -0.2) is 34.3 Å². The van der Waals surface area contributed by atoms with Crippen molar-refractivity contribution in [3.05, 3.63) is 29.8 Å². The number of carboxylic acids is 1. The standard InChI is InChI=1S/C13H18O4S/c1-10(2)9-17-7-8-18(16)12-6-4-3-5-11(12)13(14)15/h3-6,10H,7-9H2,1-2H3,(H,14,15). The molecule has 0 heterocycles. The predicted molar refractivity (Wildman–Crippen MR) is 70.3 cm³/mol. The van der Waals surface area contributed by atoms with Crippen molar-refractivity contribution in [2.24, 2.45) is 5.92 Å². The second-order valence-corrected chi connectivity index (χ2v) is 5.86. The molecule has 1 aromatic rings. The lowest BCUT2D eigenvalue weighted by molar-refractivity contribution is 0.0693. The van der Waals surface area contributed by atoms with Crippen molar-refractivity contribution in [2.45, 2.75) is 18.7 Å². The Morgan fingerprint density at radius 1 is 1.39 bits per heavy atom. The van der Waals surface area contributed by atoms with Crippen LogP contribution in [0.25, 0.3) is 0 Å². The van der Waals surface area contributed by atoms with Gasteiger partial charge in [-0.15, -0.1) is 0 Å². The summed E-state index contributed by atoms with van der Waals surface area (Å²) in [5, 5.41) is 8.99. The summed E-state index contributed by atoms with van der Waals surface area (Å²) in [6.07, 6.45) is 0. The van der Waals surface area contributed by atoms with Gasteiger partial charge in [0.15, 0.2) is 0 Å². The van der Waals surface area contributed by atoms with E-state index in [0.29, 0.717) is 29.8 Å². The highest BCUT2D eigenvalue weighted by molar-refractivity contribution is 7.85. The van der Waals surface area contributed by atoms with Gasteiger partial charge in [0.25, 0.3) is 0 Å². The summed E-state index contributed by atoms with van der Waals surface area (Å²) in [4.78, 5) is 11.3. The summed E-state index contributed by atoms with van der Waals surface area (Å²) >= 11 is 0. The van der Waals surface area contributed by atoms with Gasteiger partial charge < -0.3 is 9.84 Å². The molecule has 1 atom stereocenters. The Labute approximate surface area is 109 Å². The molecule has 0 spiro atoms. The Bertz CT molecular complexity index is 429. The second-order valence-electron chi connectivity index (χ2n) is 4.32. The molecule has 0 aliphatic rings. The van der Waals surface area contributed by atoms with Gasteiger partial charge >= 0.3 is 5.97 Å². The Kier molecular flexibility index (Phi) is 6.01. The molecule has 0 saturated carbocycles. The fraction of sp³-hybridized carbons (Fsp3) is 0.462. The van der Waals surface area contributed by atoms with Crippen LogP contribution in [-0.2, 0) is 15.5 Å². The van der Waals surface area contributed by atoms with Gasteiger partial charge in [0.05, 0.1) is 33.6 Å². The molecule has 0 fully saturated rings. The smallest absolute Gasteiger partial charge is 0.336 e. The van der Waals surface area contributed by atoms with Gasteiger partial charge in [-0.25, -0.2) is 4.79 Å². The van der Waals surface area contributed by atoms with E-state index in [0.717, 1.165) is 0 Å². The Balaban J connectivity index is 2.59. The van der Waals surface area contributed by atoms with Crippen LogP contribution in [0, 0.1) is 5.92 Å². The molecule has 100 valence electrons.